The summed E-state index contributed by atoms with van der Waals surface area (Å²) in [5, 5.41) is 12.5. The van der Waals surface area contributed by atoms with Crippen LogP contribution in [0.15, 0.2) is 48.5 Å². The number of aromatic nitrogens is 5. The average molecular weight is 419 g/mol. The number of nitrogens with one attached hydrogen (secondary N) is 1. The molecule has 2 heterocycles. The molecule has 4 aromatic rings. The van der Waals surface area contributed by atoms with E-state index in [2.05, 4.69) is 25.3 Å². The van der Waals surface area contributed by atoms with Crippen LogP contribution in [0.2, 0.25) is 0 Å². The number of hydrogen-bond acceptors (Lipinski definition) is 8. The first kappa shape index (κ1) is 19.8. The van der Waals surface area contributed by atoms with Crippen LogP contribution < -0.4 is 15.8 Å². The Hall–Kier alpha value is -4.54. The first-order valence-electron chi connectivity index (χ1n) is 9.10. The van der Waals surface area contributed by atoms with Gasteiger partial charge in [-0.25, -0.2) is 9.36 Å². The monoisotopic (exact) mass is 419 g/mol. The minimum absolute atomic E-state index is 0.00116. The van der Waals surface area contributed by atoms with Crippen molar-refractivity contribution in [2.75, 3.05) is 12.4 Å². The van der Waals surface area contributed by atoms with E-state index in [1.807, 2.05) is 30.3 Å². The van der Waals surface area contributed by atoms with Gasteiger partial charge in [-0.1, -0.05) is 36.4 Å². The van der Waals surface area contributed by atoms with Crippen LogP contribution in [0, 0.1) is 0 Å². The maximum Gasteiger partial charge on any atom is 0.337 e. The number of fused-ring (bicyclic) bond motifs is 1. The molecule has 0 radical (unpaired) electrons. The Kier molecular flexibility index (Phi) is 5.14. The number of imidazole rings is 1. The van der Waals surface area contributed by atoms with Crippen molar-refractivity contribution in [1.82, 2.24) is 24.5 Å². The van der Waals surface area contributed by atoms with Crippen LogP contribution in [0.4, 0.5) is 5.95 Å². The molecule has 4 N–H and O–H groups in total. The third-order valence-corrected chi connectivity index (χ3v) is 4.40. The molecular formula is C20H17N7O4. The number of nitrogens with two attached hydrogens (primary N) is 1. The second-order valence-corrected chi connectivity index (χ2v) is 6.40. The zero-order valence-electron chi connectivity index (χ0n) is 16.3. The van der Waals surface area contributed by atoms with Gasteiger partial charge >= 0.3 is 12.0 Å². The highest BCUT2D eigenvalue weighted by molar-refractivity contribution is 6.01. The zero-order valence-corrected chi connectivity index (χ0v) is 16.3. The molecule has 4 rings (SSSR count). The number of carboxylic acid groups (broad SMARTS) is 1. The van der Waals surface area contributed by atoms with Gasteiger partial charge in [0.05, 0.1) is 18.2 Å². The summed E-state index contributed by atoms with van der Waals surface area (Å²) in [6.07, 6.45) is 0. The highest BCUT2D eigenvalue weighted by atomic mass is 16.5. The average Bonchev–Trinajstić information content (AvgIpc) is 3.16. The molecule has 0 saturated heterocycles. The minimum Gasteiger partial charge on any atom is -0.478 e. The Morgan fingerprint density at radius 2 is 1.84 bits per heavy atom. The SMILES string of the molecule is COc1nc2c(C(=O)O)cccc2n1-c1nc(NCc2ccccc2)nc(C(N)=O)n1. The summed E-state index contributed by atoms with van der Waals surface area (Å²) in [4.78, 5) is 40.2. The first-order chi connectivity index (χ1) is 15.0. The molecule has 11 nitrogen and oxygen atoms in total. The highest BCUT2D eigenvalue weighted by Crippen LogP contribution is 2.27. The van der Waals surface area contributed by atoms with E-state index < -0.39 is 11.9 Å². The van der Waals surface area contributed by atoms with Crippen LogP contribution in [0.1, 0.15) is 26.5 Å². The summed E-state index contributed by atoms with van der Waals surface area (Å²) in [7, 11) is 1.38. The van der Waals surface area contributed by atoms with Gasteiger partial charge in [0.2, 0.25) is 17.7 Å². The fraction of sp³-hybridized carbons (Fsp3) is 0.100. The number of aromatic carboxylic acids is 1. The van der Waals surface area contributed by atoms with Crippen LogP contribution in [0.5, 0.6) is 6.01 Å². The minimum atomic E-state index is -1.14. The molecule has 0 saturated carbocycles. The Morgan fingerprint density at radius 3 is 2.52 bits per heavy atom. The molecule has 1 amide bonds. The molecule has 0 aliphatic carbocycles. The number of carbonyl (C=O) groups excluding carboxylic acids is 1. The van der Waals surface area contributed by atoms with Gasteiger partial charge in [-0.15, -0.1) is 0 Å². The van der Waals surface area contributed by atoms with Gasteiger partial charge in [0, 0.05) is 6.54 Å². The van der Waals surface area contributed by atoms with Crippen molar-refractivity contribution < 1.29 is 19.4 Å². The van der Waals surface area contributed by atoms with Gasteiger partial charge in [-0.05, 0) is 17.7 Å². The molecule has 0 atom stereocenters. The number of carboxylic acids is 1. The lowest BCUT2D eigenvalue weighted by Crippen LogP contribution is -2.20. The smallest absolute Gasteiger partial charge is 0.337 e. The fourth-order valence-electron chi connectivity index (χ4n) is 3.01. The van der Waals surface area contributed by atoms with Crippen LogP contribution in [-0.4, -0.2) is 48.6 Å². The van der Waals surface area contributed by atoms with Crippen molar-refractivity contribution in [1.29, 1.82) is 0 Å². The van der Waals surface area contributed by atoms with Gasteiger partial charge in [-0.2, -0.15) is 19.9 Å². The molecule has 11 heteroatoms. The number of carbonyl (C=O) groups is 2. The molecule has 2 aromatic carbocycles. The fourth-order valence-corrected chi connectivity index (χ4v) is 3.01. The summed E-state index contributed by atoms with van der Waals surface area (Å²) >= 11 is 0. The Labute approximate surface area is 175 Å². The van der Waals surface area contributed by atoms with E-state index in [-0.39, 0.29) is 34.8 Å². The van der Waals surface area contributed by atoms with Gasteiger partial charge in [0.15, 0.2) is 0 Å². The van der Waals surface area contributed by atoms with Crippen LogP contribution in [-0.2, 0) is 6.54 Å². The summed E-state index contributed by atoms with van der Waals surface area (Å²) in [6.45, 7) is 0.396. The van der Waals surface area contributed by atoms with Crippen molar-refractivity contribution in [3.63, 3.8) is 0 Å². The molecule has 2 aromatic heterocycles. The Morgan fingerprint density at radius 1 is 1.06 bits per heavy atom. The van der Waals surface area contributed by atoms with Crippen molar-refractivity contribution in [3.8, 4) is 12.0 Å². The van der Waals surface area contributed by atoms with Crippen molar-refractivity contribution in [2.45, 2.75) is 6.54 Å². The second-order valence-electron chi connectivity index (χ2n) is 6.40. The van der Waals surface area contributed by atoms with Gasteiger partial charge in [0.1, 0.15) is 5.52 Å². The Balaban J connectivity index is 1.84. The summed E-state index contributed by atoms with van der Waals surface area (Å²) in [5.74, 6) is -2.14. The quantitative estimate of drug-likeness (QED) is 0.405. The summed E-state index contributed by atoms with van der Waals surface area (Å²) < 4.78 is 6.70. The molecule has 0 bridgehead atoms. The second kappa shape index (κ2) is 8.06. The molecule has 0 unspecified atom stereocenters. The first-order valence-corrected chi connectivity index (χ1v) is 9.10. The molecule has 156 valence electrons. The standard InChI is InChI=1S/C20H17N7O4/c1-31-20-23-14-12(17(29)30)8-5-9-13(14)27(20)19-25-16(15(21)28)24-18(26-19)22-10-11-6-3-2-4-7-11/h2-9H,10H2,1H3,(H2,21,28)(H,29,30)(H,22,24,25,26). The highest BCUT2D eigenvalue weighted by Gasteiger charge is 2.22. The maximum atomic E-state index is 11.8. The van der Waals surface area contributed by atoms with Gasteiger partial charge < -0.3 is 20.9 Å². The lowest BCUT2D eigenvalue weighted by atomic mass is 10.2. The molecule has 0 spiro atoms. The van der Waals surface area contributed by atoms with E-state index in [9.17, 15) is 14.7 Å². The summed E-state index contributed by atoms with van der Waals surface area (Å²) in [5.41, 5.74) is 6.94. The number of primary amides is 1. The molecule has 0 aliphatic rings. The number of ether oxygens (including phenoxy) is 1. The van der Waals surface area contributed by atoms with E-state index in [4.69, 9.17) is 10.5 Å². The molecule has 0 fully saturated rings. The topological polar surface area (TPSA) is 158 Å². The van der Waals surface area contributed by atoms with E-state index in [0.29, 0.717) is 12.1 Å². The van der Waals surface area contributed by atoms with E-state index in [0.717, 1.165) is 5.56 Å². The number of hydrogen-bond donors (Lipinski definition) is 3. The van der Waals surface area contributed by atoms with Gasteiger partial charge in [0.25, 0.3) is 5.91 Å². The normalized spacial score (nSPS) is 10.7. The number of amides is 1. The number of methoxy groups -OCH3 is 1. The molecular weight excluding hydrogens is 402 g/mol. The van der Waals surface area contributed by atoms with E-state index in [1.165, 1.54) is 17.7 Å². The number of anilines is 1. The van der Waals surface area contributed by atoms with E-state index >= 15 is 0 Å². The number of rotatable bonds is 7. The molecule has 31 heavy (non-hydrogen) atoms. The number of para-hydroxylation sites is 1. The largest absolute Gasteiger partial charge is 0.478 e. The predicted octanol–water partition coefficient (Wildman–Crippen LogP) is 1.63. The number of benzene rings is 2. The van der Waals surface area contributed by atoms with Crippen molar-refractivity contribution >= 4 is 28.9 Å². The van der Waals surface area contributed by atoms with Crippen LogP contribution in [0.3, 0.4) is 0 Å². The Bertz CT molecular complexity index is 1290. The van der Waals surface area contributed by atoms with Crippen molar-refractivity contribution in [3.05, 3.63) is 65.5 Å². The van der Waals surface area contributed by atoms with Crippen LogP contribution >= 0.6 is 0 Å². The summed E-state index contributed by atoms with van der Waals surface area (Å²) in [6, 6.07) is 14.2. The van der Waals surface area contributed by atoms with E-state index in [1.54, 1.807) is 12.1 Å². The molecule has 0 aliphatic heterocycles. The van der Waals surface area contributed by atoms with Crippen molar-refractivity contribution in [2.24, 2.45) is 5.73 Å². The van der Waals surface area contributed by atoms with Crippen LogP contribution in [0.25, 0.3) is 17.0 Å². The lowest BCUT2D eigenvalue weighted by molar-refractivity contribution is 0.0698. The third-order valence-electron chi connectivity index (χ3n) is 4.40. The number of nitrogens with zero attached hydrogens (tertiary/aromatic N) is 5. The maximum absolute atomic E-state index is 11.8. The zero-order chi connectivity index (χ0) is 22.0. The predicted molar refractivity (Wildman–Crippen MR) is 110 cm³/mol. The van der Waals surface area contributed by atoms with Gasteiger partial charge in [-0.3, -0.25) is 4.79 Å². The third kappa shape index (κ3) is 3.83. The lowest BCUT2D eigenvalue weighted by Gasteiger charge is -2.10.